The van der Waals surface area contributed by atoms with E-state index in [1.54, 1.807) is 29.2 Å². The van der Waals surface area contributed by atoms with Gasteiger partial charge in [-0.1, -0.05) is 19.1 Å². The van der Waals surface area contributed by atoms with Gasteiger partial charge in [0.25, 0.3) is 0 Å². The lowest BCUT2D eigenvalue weighted by molar-refractivity contribution is -0.139. The van der Waals surface area contributed by atoms with Crippen LogP contribution in [0.4, 0.5) is 10.5 Å². The van der Waals surface area contributed by atoms with E-state index in [9.17, 15) is 9.59 Å². The summed E-state index contributed by atoms with van der Waals surface area (Å²) in [5.74, 6) is -0.0417. The maximum atomic E-state index is 12.2. The third kappa shape index (κ3) is 4.37. The van der Waals surface area contributed by atoms with E-state index >= 15 is 0 Å². The third-order valence-electron chi connectivity index (χ3n) is 3.55. The van der Waals surface area contributed by atoms with Crippen LogP contribution < -0.4 is 10.1 Å². The number of hydrogen-bond donors (Lipinski definition) is 2. The number of para-hydroxylation sites is 2. The molecule has 6 heteroatoms. The fourth-order valence-corrected chi connectivity index (χ4v) is 2.24. The maximum Gasteiger partial charge on any atom is 0.341 e. The molecular formula is C15H20N2O4. The molecule has 0 bridgehead atoms. The van der Waals surface area contributed by atoms with Gasteiger partial charge in [0.2, 0.25) is 0 Å². The van der Waals surface area contributed by atoms with Gasteiger partial charge >= 0.3 is 12.0 Å². The predicted molar refractivity (Wildman–Crippen MR) is 78.6 cm³/mol. The summed E-state index contributed by atoms with van der Waals surface area (Å²) in [6.07, 6.45) is 2.01. The quantitative estimate of drug-likeness (QED) is 0.893. The van der Waals surface area contributed by atoms with E-state index < -0.39 is 12.6 Å². The number of hydrogen-bond acceptors (Lipinski definition) is 3. The van der Waals surface area contributed by atoms with E-state index in [1.165, 1.54) is 0 Å². The lowest BCUT2D eigenvalue weighted by atomic mass is 10.00. The molecule has 0 atom stereocenters. The molecule has 1 heterocycles. The molecule has 1 saturated heterocycles. The van der Waals surface area contributed by atoms with Crippen LogP contribution in [0, 0.1) is 5.92 Å². The summed E-state index contributed by atoms with van der Waals surface area (Å²) in [6, 6.07) is 6.66. The molecule has 0 radical (unpaired) electrons. The normalized spacial score (nSPS) is 15.6. The summed E-state index contributed by atoms with van der Waals surface area (Å²) in [7, 11) is 0. The summed E-state index contributed by atoms with van der Waals surface area (Å²) in [5, 5.41) is 11.4. The number of carbonyl (C=O) groups excluding carboxylic acids is 1. The van der Waals surface area contributed by atoms with Crippen molar-refractivity contribution in [2.24, 2.45) is 5.92 Å². The average Bonchev–Trinajstić information content (AvgIpc) is 2.47. The Morgan fingerprint density at radius 1 is 1.33 bits per heavy atom. The second-order valence-corrected chi connectivity index (χ2v) is 5.28. The highest BCUT2D eigenvalue weighted by Crippen LogP contribution is 2.25. The Morgan fingerprint density at radius 2 is 2.00 bits per heavy atom. The zero-order valence-electron chi connectivity index (χ0n) is 12.0. The number of nitrogens with one attached hydrogen (secondary N) is 1. The van der Waals surface area contributed by atoms with Crippen molar-refractivity contribution < 1.29 is 19.4 Å². The Labute approximate surface area is 123 Å². The first-order valence-electron chi connectivity index (χ1n) is 7.06. The summed E-state index contributed by atoms with van der Waals surface area (Å²) in [4.78, 5) is 24.5. The first-order valence-corrected chi connectivity index (χ1v) is 7.06. The molecule has 1 aliphatic rings. The van der Waals surface area contributed by atoms with Crippen molar-refractivity contribution >= 4 is 17.7 Å². The van der Waals surface area contributed by atoms with Gasteiger partial charge in [-0.3, -0.25) is 0 Å². The summed E-state index contributed by atoms with van der Waals surface area (Å²) in [5.41, 5.74) is 0.488. The van der Waals surface area contributed by atoms with E-state index in [-0.39, 0.29) is 6.03 Å². The molecule has 1 aliphatic heterocycles. The number of nitrogens with zero attached hydrogens (tertiary/aromatic N) is 1. The van der Waals surface area contributed by atoms with Gasteiger partial charge in [-0.05, 0) is 30.9 Å². The van der Waals surface area contributed by atoms with Gasteiger partial charge in [-0.25, -0.2) is 9.59 Å². The number of likely N-dealkylation sites (tertiary alicyclic amines) is 1. The molecule has 1 aromatic rings. The van der Waals surface area contributed by atoms with E-state index in [0.29, 0.717) is 17.4 Å². The van der Waals surface area contributed by atoms with Crippen LogP contribution >= 0.6 is 0 Å². The highest BCUT2D eigenvalue weighted by atomic mass is 16.5. The largest absolute Gasteiger partial charge is 0.480 e. The zero-order valence-corrected chi connectivity index (χ0v) is 12.0. The van der Waals surface area contributed by atoms with Gasteiger partial charge < -0.3 is 20.1 Å². The number of carboxylic acid groups (broad SMARTS) is 1. The molecule has 1 aromatic carbocycles. The number of carbonyl (C=O) groups is 2. The first kappa shape index (κ1) is 15.2. The van der Waals surface area contributed by atoms with Crippen LogP contribution in [0.2, 0.25) is 0 Å². The van der Waals surface area contributed by atoms with Gasteiger partial charge in [0.15, 0.2) is 6.61 Å². The lowest BCUT2D eigenvalue weighted by Gasteiger charge is -2.30. The summed E-state index contributed by atoms with van der Waals surface area (Å²) in [6.45, 7) is 3.23. The molecule has 0 spiro atoms. The molecular weight excluding hydrogens is 272 g/mol. The van der Waals surface area contributed by atoms with Gasteiger partial charge in [-0.15, -0.1) is 0 Å². The van der Waals surface area contributed by atoms with Gasteiger partial charge in [0.05, 0.1) is 5.69 Å². The molecule has 0 aliphatic carbocycles. The first-order chi connectivity index (χ1) is 10.1. The highest BCUT2D eigenvalue weighted by Gasteiger charge is 2.21. The van der Waals surface area contributed by atoms with Crippen molar-refractivity contribution in [2.75, 3.05) is 25.0 Å². The number of carboxylic acids is 1. The van der Waals surface area contributed by atoms with Crippen LogP contribution in [0.5, 0.6) is 5.75 Å². The molecule has 0 unspecified atom stereocenters. The number of anilines is 1. The van der Waals surface area contributed by atoms with E-state index in [1.807, 2.05) is 0 Å². The minimum absolute atomic E-state index is 0.173. The zero-order chi connectivity index (χ0) is 15.2. The molecule has 0 saturated carbocycles. The van der Waals surface area contributed by atoms with Crippen molar-refractivity contribution in [1.82, 2.24) is 4.90 Å². The summed E-state index contributed by atoms with van der Waals surface area (Å²) >= 11 is 0. The monoisotopic (exact) mass is 292 g/mol. The van der Waals surface area contributed by atoms with E-state index in [0.717, 1.165) is 25.9 Å². The smallest absolute Gasteiger partial charge is 0.341 e. The topological polar surface area (TPSA) is 78.9 Å². The molecule has 21 heavy (non-hydrogen) atoms. The Hall–Kier alpha value is -2.24. The van der Waals surface area contributed by atoms with E-state index in [4.69, 9.17) is 9.84 Å². The molecule has 2 amide bonds. The fraction of sp³-hybridized carbons (Fsp3) is 0.467. The van der Waals surface area contributed by atoms with E-state index in [2.05, 4.69) is 12.2 Å². The molecule has 2 rings (SSSR count). The fourth-order valence-electron chi connectivity index (χ4n) is 2.24. The van der Waals surface area contributed by atoms with Crippen LogP contribution in [-0.2, 0) is 4.79 Å². The second kappa shape index (κ2) is 6.97. The van der Waals surface area contributed by atoms with Crippen molar-refractivity contribution in [3.63, 3.8) is 0 Å². The standard InChI is InChI=1S/C15H20N2O4/c1-11-6-8-17(9-7-11)15(20)16-12-4-2-3-5-13(12)21-10-14(18)19/h2-5,11H,6-10H2,1H3,(H,16,20)(H,18,19). The van der Waals surface area contributed by atoms with Gasteiger partial charge in [0, 0.05) is 13.1 Å². The number of ether oxygens (including phenoxy) is 1. The van der Waals surface area contributed by atoms with Crippen LogP contribution in [0.1, 0.15) is 19.8 Å². The Morgan fingerprint density at radius 3 is 2.67 bits per heavy atom. The number of piperidine rings is 1. The molecule has 1 fully saturated rings. The van der Waals surface area contributed by atoms with Crippen molar-refractivity contribution in [3.8, 4) is 5.75 Å². The second-order valence-electron chi connectivity index (χ2n) is 5.28. The minimum Gasteiger partial charge on any atom is -0.480 e. The number of benzene rings is 1. The number of aliphatic carboxylic acids is 1. The third-order valence-corrected chi connectivity index (χ3v) is 3.55. The lowest BCUT2D eigenvalue weighted by Crippen LogP contribution is -2.40. The van der Waals surface area contributed by atoms with Gasteiger partial charge in [-0.2, -0.15) is 0 Å². The van der Waals surface area contributed by atoms with Crippen LogP contribution in [0.15, 0.2) is 24.3 Å². The molecule has 0 aromatic heterocycles. The van der Waals surface area contributed by atoms with Crippen molar-refractivity contribution in [3.05, 3.63) is 24.3 Å². The molecule has 2 N–H and O–H groups in total. The predicted octanol–water partition coefficient (Wildman–Crippen LogP) is 2.41. The van der Waals surface area contributed by atoms with Crippen molar-refractivity contribution in [1.29, 1.82) is 0 Å². The van der Waals surface area contributed by atoms with Crippen molar-refractivity contribution in [2.45, 2.75) is 19.8 Å². The Bertz CT molecular complexity index is 510. The number of rotatable bonds is 4. The minimum atomic E-state index is -1.05. The molecule has 6 nitrogen and oxygen atoms in total. The van der Waals surface area contributed by atoms with Crippen LogP contribution in [0.3, 0.4) is 0 Å². The maximum absolute atomic E-state index is 12.2. The summed E-state index contributed by atoms with van der Waals surface area (Å²) < 4.78 is 5.17. The Kier molecular flexibility index (Phi) is 5.03. The molecule has 114 valence electrons. The highest BCUT2D eigenvalue weighted by molar-refractivity contribution is 5.91. The number of amides is 2. The number of urea groups is 1. The van der Waals surface area contributed by atoms with Gasteiger partial charge in [0.1, 0.15) is 5.75 Å². The average molecular weight is 292 g/mol. The van der Waals surface area contributed by atoms with Crippen LogP contribution in [0.25, 0.3) is 0 Å². The SMILES string of the molecule is CC1CCN(C(=O)Nc2ccccc2OCC(=O)O)CC1. The Balaban J connectivity index is 1.98. The van der Waals surface area contributed by atoms with Crippen LogP contribution in [-0.4, -0.2) is 41.7 Å².